The molecule has 0 bridgehead atoms. The zero-order chi connectivity index (χ0) is 23.5. The van der Waals surface area contributed by atoms with Crippen molar-refractivity contribution in [3.05, 3.63) is 88.6 Å². The van der Waals surface area contributed by atoms with Gasteiger partial charge < -0.3 is 10.3 Å². The molecule has 7 nitrogen and oxygen atoms in total. The zero-order valence-electron chi connectivity index (χ0n) is 18.9. The molecule has 0 fully saturated rings. The maximum absolute atomic E-state index is 13.6. The van der Waals surface area contributed by atoms with Crippen LogP contribution in [0.5, 0.6) is 0 Å². The third kappa shape index (κ3) is 4.07. The molecule has 2 aromatic carbocycles. The number of aromatic nitrogens is 5. The van der Waals surface area contributed by atoms with E-state index in [-0.39, 0.29) is 17.4 Å². The van der Waals surface area contributed by atoms with E-state index in [0.29, 0.717) is 28.1 Å². The van der Waals surface area contributed by atoms with Gasteiger partial charge in [0.1, 0.15) is 17.7 Å². The average Bonchev–Trinajstić information content (AvgIpc) is 3.31. The molecular formula is C25H25FN6O. The van der Waals surface area contributed by atoms with Crippen LogP contribution in [0.1, 0.15) is 38.1 Å². The van der Waals surface area contributed by atoms with Crippen LogP contribution in [0.25, 0.3) is 27.6 Å². The molecule has 1 atom stereocenters. The molecule has 1 unspecified atom stereocenters. The predicted molar refractivity (Wildman–Crippen MR) is 129 cm³/mol. The lowest BCUT2D eigenvalue weighted by atomic mass is 10.0. The first-order chi connectivity index (χ1) is 16.0. The van der Waals surface area contributed by atoms with Crippen LogP contribution in [0.2, 0.25) is 0 Å². The van der Waals surface area contributed by atoms with E-state index in [4.69, 9.17) is 0 Å². The van der Waals surface area contributed by atoms with Crippen molar-refractivity contribution in [1.29, 1.82) is 0 Å². The van der Waals surface area contributed by atoms with Crippen molar-refractivity contribution in [3.8, 4) is 5.69 Å². The monoisotopic (exact) mass is 444 g/mol. The van der Waals surface area contributed by atoms with Crippen molar-refractivity contribution in [2.45, 2.75) is 33.7 Å². The number of fused-ring (bicyclic) bond motifs is 2. The number of aromatic amines is 1. The zero-order valence-corrected chi connectivity index (χ0v) is 18.9. The molecule has 0 saturated heterocycles. The molecule has 0 aliphatic rings. The third-order valence-corrected chi connectivity index (χ3v) is 5.39. The van der Waals surface area contributed by atoms with Gasteiger partial charge in [0.25, 0.3) is 5.56 Å². The van der Waals surface area contributed by atoms with Crippen LogP contribution in [0.15, 0.2) is 66.0 Å². The number of imidazole rings is 1. The van der Waals surface area contributed by atoms with Gasteiger partial charge in [0.2, 0.25) is 0 Å². The summed E-state index contributed by atoms with van der Waals surface area (Å²) in [6, 6.07) is 13.4. The van der Waals surface area contributed by atoms with Gasteiger partial charge >= 0.3 is 0 Å². The quantitative estimate of drug-likeness (QED) is 0.392. The average molecular weight is 445 g/mol. The van der Waals surface area contributed by atoms with Gasteiger partial charge in [-0.25, -0.2) is 19.3 Å². The van der Waals surface area contributed by atoms with E-state index in [2.05, 4.69) is 25.3 Å². The van der Waals surface area contributed by atoms with Crippen molar-refractivity contribution < 1.29 is 4.39 Å². The molecule has 0 radical (unpaired) electrons. The number of halogens is 1. The van der Waals surface area contributed by atoms with Crippen LogP contribution in [0.4, 0.5) is 10.2 Å². The number of rotatable bonds is 4. The van der Waals surface area contributed by atoms with Crippen LogP contribution in [0.3, 0.4) is 0 Å². The van der Waals surface area contributed by atoms with Crippen molar-refractivity contribution in [1.82, 2.24) is 24.5 Å². The molecule has 2 N–H and O–H groups in total. The summed E-state index contributed by atoms with van der Waals surface area (Å²) in [6.07, 6.45) is 3.00. The van der Waals surface area contributed by atoms with Gasteiger partial charge in [0, 0.05) is 11.4 Å². The Kier molecular flexibility index (Phi) is 6.17. The Bertz CT molecular complexity index is 1470. The highest BCUT2D eigenvalue weighted by Gasteiger charge is 2.19. The Labute approximate surface area is 190 Å². The van der Waals surface area contributed by atoms with E-state index in [1.165, 1.54) is 18.5 Å². The first-order valence-corrected chi connectivity index (χ1v) is 10.8. The van der Waals surface area contributed by atoms with Gasteiger partial charge in [-0.15, -0.1) is 0 Å². The number of aryl methyl sites for hydroxylation is 1. The molecule has 33 heavy (non-hydrogen) atoms. The topological polar surface area (TPSA) is 88.5 Å². The summed E-state index contributed by atoms with van der Waals surface area (Å²) in [4.78, 5) is 29.2. The summed E-state index contributed by atoms with van der Waals surface area (Å²) in [7, 11) is 0. The van der Waals surface area contributed by atoms with Crippen LogP contribution >= 0.6 is 0 Å². The van der Waals surface area contributed by atoms with Gasteiger partial charge in [0.05, 0.1) is 17.8 Å². The second-order valence-electron chi connectivity index (χ2n) is 7.41. The molecule has 8 heteroatoms. The highest BCUT2D eigenvalue weighted by Crippen LogP contribution is 2.26. The summed E-state index contributed by atoms with van der Waals surface area (Å²) in [5.74, 6) is 0.224. The number of anilines is 1. The fourth-order valence-corrected chi connectivity index (χ4v) is 3.88. The molecule has 0 aliphatic carbocycles. The summed E-state index contributed by atoms with van der Waals surface area (Å²) >= 11 is 0. The van der Waals surface area contributed by atoms with Gasteiger partial charge in [-0.2, -0.15) is 0 Å². The standard InChI is InChI=1S/C23H19FN6O.C2H6/c1-13-4-3-5-15-10-18(14(2)29-22-20-21(26-11-25-20)27-12-28-22)30(23(31)19(13)15)17-8-6-16(24)7-9-17;1-2/h3-12,14H,1-2H3,(H2,25,26,27,28,29);1-2H3. The number of pyridine rings is 1. The minimum atomic E-state index is -0.357. The minimum Gasteiger partial charge on any atom is -0.360 e. The Balaban J connectivity index is 0.00000126. The highest BCUT2D eigenvalue weighted by molar-refractivity contribution is 5.86. The van der Waals surface area contributed by atoms with E-state index in [1.807, 2.05) is 52.0 Å². The lowest BCUT2D eigenvalue weighted by molar-refractivity contribution is 0.627. The van der Waals surface area contributed by atoms with E-state index < -0.39 is 0 Å². The van der Waals surface area contributed by atoms with Crippen LogP contribution < -0.4 is 10.9 Å². The maximum Gasteiger partial charge on any atom is 0.263 e. The van der Waals surface area contributed by atoms with Crippen LogP contribution in [0, 0.1) is 12.7 Å². The number of H-pyrrole nitrogens is 1. The van der Waals surface area contributed by atoms with E-state index in [9.17, 15) is 9.18 Å². The maximum atomic E-state index is 13.6. The summed E-state index contributed by atoms with van der Waals surface area (Å²) in [5.41, 5.74) is 3.28. The first kappa shape index (κ1) is 22.1. The molecule has 0 saturated carbocycles. The fraction of sp³-hybridized carbons (Fsp3) is 0.200. The lowest BCUT2D eigenvalue weighted by Crippen LogP contribution is -2.26. The number of benzene rings is 2. The van der Waals surface area contributed by atoms with Gasteiger partial charge in [0.15, 0.2) is 11.5 Å². The summed E-state index contributed by atoms with van der Waals surface area (Å²) in [6.45, 7) is 7.86. The number of hydrogen-bond donors (Lipinski definition) is 2. The molecule has 5 aromatic rings. The van der Waals surface area contributed by atoms with E-state index >= 15 is 0 Å². The fourth-order valence-electron chi connectivity index (χ4n) is 3.88. The van der Waals surface area contributed by atoms with Crippen molar-refractivity contribution in [2.75, 3.05) is 5.32 Å². The molecule has 3 heterocycles. The van der Waals surface area contributed by atoms with Crippen LogP contribution in [-0.4, -0.2) is 24.5 Å². The third-order valence-electron chi connectivity index (χ3n) is 5.39. The molecule has 0 aliphatic heterocycles. The second kappa shape index (κ2) is 9.20. The number of hydrogen-bond acceptors (Lipinski definition) is 5. The van der Waals surface area contributed by atoms with Gasteiger partial charge in [-0.3, -0.25) is 9.36 Å². The minimum absolute atomic E-state index is 0.153. The Hall–Kier alpha value is -4.07. The summed E-state index contributed by atoms with van der Waals surface area (Å²) < 4.78 is 15.2. The largest absolute Gasteiger partial charge is 0.360 e. The van der Waals surface area contributed by atoms with Crippen molar-refractivity contribution in [2.24, 2.45) is 0 Å². The Morgan fingerprint density at radius 1 is 1.06 bits per heavy atom. The molecule has 168 valence electrons. The molecule has 5 rings (SSSR count). The molecule has 0 amide bonds. The Morgan fingerprint density at radius 3 is 2.58 bits per heavy atom. The highest BCUT2D eigenvalue weighted by atomic mass is 19.1. The van der Waals surface area contributed by atoms with Crippen molar-refractivity contribution in [3.63, 3.8) is 0 Å². The smallest absolute Gasteiger partial charge is 0.263 e. The van der Waals surface area contributed by atoms with E-state index in [0.717, 1.165) is 16.6 Å². The second-order valence-corrected chi connectivity index (χ2v) is 7.41. The first-order valence-electron chi connectivity index (χ1n) is 10.8. The molecular weight excluding hydrogens is 419 g/mol. The molecule has 3 aromatic heterocycles. The normalized spacial score (nSPS) is 11.8. The Morgan fingerprint density at radius 2 is 1.82 bits per heavy atom. The number of nitrogens with zero attached hydrogens (tertiary/aromatic N) is 4. The lowest BCUT2D eigenvalue weighted by Gasteiger charge is -2.22. The van der Waals surface area contributed by atoms with E-state index in [1.54, 1.807) is 23.0 Å². The molecule has 0 spiro atoms. The van der Waals surface area contributed by atoms with Crippen LogP contribution in [-0.2, 0) is 0 Å². The van der Waals surface area contributed by atoms with Gasteiger partial charge in [-0.05, 0) is 55.1 Å². The predicted octanol–water partition coefficient (Wildman–Crippen LogP) is 5.30. The summed E-state index contributed by atoms with van der Waals surface area (Å²) in [5, 5.41) is 4.85. The van der Waals surface area contributed by atoms with Crippen molar-refractivity contribution >= 4 is 27.8 Å². The SMILES string of the molecule is CC.Cc1cccc2cc(C(C)Nc3ncnc4nc[nH]c34)n(-c3ccc(F)cc3)c(=O)c12. The number of nitrogens with one attached hydrogen (secondary N) is 2. The van der Waals surface area contributed by atoms with Gasteiger partial charge in [-0.1, -0.05) is 32.0 Å².